The average molecular weight is 284 g/mol. The molecule has 0 bridgehead atoms. The van der Waals surface area contributed by atoms with E-state index in [4.69, 9.17) is 10.7 Å². The summed E-state index contributed by atoms with van der Waals surface area (Å²) in [6.45, 7) is 3.65. The van der Waals surface area contributed by atoms with E-state index in [1.165, 1.54) is 25.0 Å². The lowest BCUT2D eigenvalue weighted by atomic mass is 9.85. The average Bonchev–Trinajstić information content (AvgIpc) is 2.89. The highest BCUT2D eigenvalue weighted by Crippen LogP contribution is 2.36. The molecule has 1 fully saturated rings. The molecule has 0 spiro atoms. The predicted octanol–water partition coefficient (Wildman–Crippen LogP) is 1.89. The third-order valence-corrected chi connectivity index (χ3v) is 4.65. The second-order valence-electron chi connectivity index (χ2n) is 6.14. The highest BCUT2D eigenvalue weighted by Gasteiger charge is 2.28. The molecule has 2 N–H and O–H groups in total. The minimum Gasteiger partial charge on any atom is -0.382 e. The minimum atomic E-state index is 0.556. The van der Waals surface area contributed by atoms with Crippen molar-refractivity contribution in [1.82, 2.24) is 19.7 Å². The van der Waals surface area contributed by atoms with Crippen molar-refractivity contribution >= 4 is 11.6 Å². The van der Waals surface area contributed by atoms with Crippen molar-refractivity contribution in [3.05, 3.63) is 28.8 Å². The van der Waals surface area contributed by atoms with Gasteiger partial charge in [-0.15, -0.1) is 0 Å². The number of fused-ring (bicyclic) bond motifs is 1. The van der Waals surface area contributed by atoms with Gasteiger partial charge < -0.3 is 10.6 Å². The van der Waals surface area contributed by atoms with Crippen LogP contribution in [0.2, 0.25) is 0 Å². The first-order chi connectivity index (χ1) is 10.1. The summed E-state index contributed by atoms with van der Waals surface area (Å²) in [5, 5.41) is 4.28. The maximum atomic E-state index is 5.98. The molecule has 3 heterocycles. The molecule has 6 nitrogen and oxygen atoms in total. The van der Waals surface area contributed by atoms with Gasteiger partial charge in [0.1, 0.15) is 11.6 Å². The predicted molar refractivity (Wildman–Crippen MR) is 80.9 cm³/mol. The SMILES string of the molecule is Cc1cc(N2Cc3c(N)nn(C)c3C2)nc(C2CCC2)n1. The third-order valence-electron chi connectivity index (χ3n) is 4.65. The standard InChI is InChI=1S/C15H20N6/c1-9-6-13(18-15(17-9)10-4-3-5-10)21-7-11-12(8-21)20(2)19-14(11)16/h6,10H,3-5,7-8H2,1-2H3,(H2,16,19). The highest BCUT2D eigenvalue weighted by molar-refractivity contribution is 5.53. The number of hydrogen-bond acceptors (Lipinski definition) is 5. The highest BCUT2D eigenvalue weighted by atomic mass is 15.3. The Kier molecular flexibility index (Phi) is 2.67. The number of anilines is 2. The van der Waals surface area contributed by atoms with Crippen LogP contribution in [0, 0.1) is 6.92 Å². The number of rotatable bonds is 2. The molecule has 2 aromatic rings. The second-order valence-corrected chi connectivity index (χ2v) is 6.14. The van der Waals surface area contributed by atoms with Gasteiger partial charge in [0.25, 0.3) is 0 Å². The number of nitrogen functional groups attached to an aromatic ring is 1. The van der Waals surface area contributed by atoms with E-state index in [2.05, 4.69) is 21.0 Å². The van der Waals surface area contributed by atoms with Crippen LogP contribution in [-0.4, -0.2) is 19.7 Å². The van der Waals surface area contributed by atoms with E-state index in [0.29, 0.717) is 11.7 Å². The van der Waals surface area contributed by atoms with Gasteiger partial charge in [-0.05, 0) is 19.8 Å². The van der Waals surface area contributed by atoms with Crippen LogP contribution in [0.4, 0.5) is 11.6 Å². The van der Waals surface area contributed by atoms with Crippen molar-refractivity contribution in [2.45, 2.75) is 45.2 Å². The van der Waals surface area contributed by atoms with Crippen molar-refractivity contribution < 1.29 is 0 Å². The number of hydrogen-bond donors (Lipinski definition) is 1. The van der Waals surface area contributed by atoms with Crippen molar-refractivity contribution in [1.29, 1.82) is 0 Å². The van der Waals surface area contributed by atoms with E-state index in [0.717, 1.165) is 36.0 Å². The van der Waals surface area contributed by atoms with Gasteiger partial charge in [-0.1, -0.05) is 6.42 Å². The Hall–Kier alpha value is -2.11. The molecule has 2 aliphatic rings. The molecule has 1 aliphatic carbocycles. The Bertz CT molecular complexity index is 674. The van der Waals surface area contributed by atoms with Crippen LogP contribution in [0.15, 0.2) is 6.07 Å². The third kappa shape index (κ3) is 1.97. The molecule has 0 amide bonds. The van der Waals surface area contributed by atoms with E-state index in [1.807, 2.05) is 18.7 Å². The van der Waals surface area contributed by atoms with Crippen LogP contribution in [0.5, 0.6) is 0 Å². The van der Waals surface area contributed by atoms with Crippen molar-refractivity contribution in [3.63, 3.8) is 0 Å². The van der Waals surface area contributed by atoms with Crippen LogP contribution in [0.1, 0.15) is 48.0 Å². The summed E-state index contributed by atoms with van der Waals surface area (Å²) in [7, 11) is 1.95. The van der Waals surface area contributed by atoms with Gasteiger partial charge in [-0.25, -0.2) is 9.97 Å². The molecule has 0 radical (unpaired) electrons. The quantitative estimate of drug-likeness (QED) is 0.911. The summed E-state index contributed by atoms with van der Waals surface area (Å²) in [6.07, 6.45) is 3.74. The first kappa shape index (κ1) is 12.6. The molecule has 6 heteroatoms. The fourth-order valence-corrected chi connectivity index (χ4v) is 3.17. The molecule has 110 valence electrons. The van der Waals surface area contributed by atoms with Crippen LogP contribution < -0.4 is 10.6 Å². The van der Waals surface area contributed by atoms with Gasteiger partial charge in [0, 0.05) is 30.3 Å². The fraction of sp³-hybridized carbons (Fsp3) is 0.533. The molecular weight excluding hydrogens is 264 g/mol. The summed E-state index contributed by atoms with van der Waals surface area (Å²) < 4.78 is 1.88. The van der Waals surface area contributed by atoms with E-state index in [-0.39, 0.29) is 0 Å². The Balaban J connectivity index is 1.66. The van der Waals surface area contributed by atoms with Gasteiger partial charge in [-0.2, -0.15) is 5.10 Å². The van der Waals surface area contributed by atoms with E-state index < -0.39 is 0 Å². The maximum Gasteiger partial charge on any atom is 0.150 e. The first-order valence-electron chi connectivity index (χ1n) is 7.52. The number of nitrogens with two attached hydrogens (primary N) is 1. The van der Waals surface area contributed by atoms with Gasteiger partial charge in [0.2, 0.25) is 0 Å². The number of aromatic nitrogens is 4. The molecule has 21 heavy (non-hydrogen) atoms. The number of nitrogens with zero attached hydrogens (tertiary/aromatic N) is 5. The zero-order valence-corrected chi connectivity index (χ0v) is 12.5. The molecule has 1 aliphatic heterocycles. The molecule has 0 saturated heterocycles. The van der Waals surface area contributed by atoms with Gasteiger partial charge in [0.05, 0.1) is 18.8 Å². The summed E-state index contributed by atoms with van der Waals surface area (Å²) in [6, 6.07) is 2.07. The van der Waals surface area contributed by atoms with Crippen LogP contribution in [0.3, 0.4) is 0 Å². The van der Waals surface area contributed by atoms with Gasteiger partial charge in [0.15, 0.2) is 5.82 Å². The minimum absolute atomic E-state index is 0.556. The molecule has 1 saturated carbocycles. The molecule has 2 aromatic heterocycles. The lowest BCUT2D eigenvalue weighted by Gasteiger charge is -2.26. The summed E-state index contributed by atoms with van der Waals surface area (Å²) in [5.41, 5.74) is 9.35. The topological polar surface area (TPSA) is 72.9 Å². The Morgan fingerprint density at radius 1 is 1.24 bits per heavy atom. The summed E-state index contributed by atoms with van der Waals surface area (Å²) in [5.74, 6) is 3.22. The largest absolute Gasteiger partial charge is 0.382 e. The Labute approximate surface area is 124 Å². The monoisotopic (exact) mass is 284 g/mol. The van der Waals surface area contributed by atoms with E-state index in [1.54, 1.807) is 0 Å². The molecule has 0 atom stereocenters. The van der Waals surface area contributed by atoms with E-state index in [9.17, 15) is 0 Å². The zero-order valence-electron chi connectivity index (χ0n) is 12.5. The van der Waals surface area contributed by atoms with E-state index >= 15 is 0 Å². The molecule has 4 rings (SSSR count). The van der Waals surface area contributed by atoms with Crippen LogP contribution in [-0.2, 0) is 20.1 Å². The zero-order chi connectivity index (χ0) is 14.6. The smallest absolute Gasteiger partial charge is 0.150 e. The van der Waals surface area contributed by atoms with Crippen molar-refractivity contribution in [3.8, 4) is 0 Å². The summed E-state index contributed by atoms with van der Waals surface area (Å²) >= 11 is 0. The Morgan fingerprint density at radius 3 is 2.71 bits per heavy atom. The molecule has 0 aromatic carbocycles. The van der Waals surface area contributed by atoms with Crippen LogP contribution in [0.25, 0.3) is 0 Å². The first-order valence-corrected chi connectivity index (χ1v) is 7.52. The molecule has 0 unspecified atom stereocenters. The second kappa shape index (κ2) is 4.44. The van der Waals surface area contributed by atoms with Crippen LogP contribution >= 0.6 is 0 Å². The van der Waals surface area contributed by atoms with Gasteiger partial charge >= 0.3 is 0 Å². The fourth-order valence-electron chi connectivity index (χ4n) is 3.17. The maximum absolute atomic E-state index is 5.98. The van der Waals surface area contributed by atoms with Crippen molar-refractivity contribution in [2.75, 3.05) is 10.6 Å². The lowest BCUT2D eigenvalue weighted by molar-refractivity contribution is 0.400. The number of aryl methyl sites for hydroxylation is 2. The summed E-state index contributed by atoms with van der Waals surface area (Å²) in [4.78, 5) is 11.7. The van der Waals surface area contributed by atoms with Crippen molar-refractivity contribution in [2.24, 2.45) is 7.05 Å². The normalized spacial score (nSPS) is 17.9. The Morgan fingerprint density at radius 2 is 2.05 bits per heavy atom. The van der Waals surface area contributed by atoms with Gasteiger partial charge in [-0.3, -0.25) is 4.68 Å². The lowest BCUT2D eigenvalue weighted by Crippen LogP contribution is -2.21. The molecular formula is C15H20N6.